The van der Waals surface area contributed by atoms with E-state index in [1.807, 2.05) is 0 Å². The highest BCUT2D eigenvalue weighted by atomic mass is 32.2. The van der Waals surface area contributed by atoms with E-state index >= 15 is 0 Å². The third-order valence-electron chi connectivity index (χ3n) is 2.61. The van der Waals surface area contributed by atoms with Gasteiger partial charge in [-0.1, -0.05) is 18.2 Å². The fraction of sp³-hybridized carbons (Fsp3) is 0.300. The molecule has 1 atom stereocenters. The Morgan fingerprint density at radius 3 is 2.69 bits per heavy atom. The van der Waals surface area contributed by atoms with Crippen LogP contribution in [0.5, 0.6) is 0 Å². The predicted molar refractivity (Wildman–Crippen MR) is 54.8 cm³/mol. The molecule has 2 N–H and O–H groups in total. The van der Waals surface area contributed by atoms with E-state index in [0.717, 1.165) is 0 Å². The Morgan fingerprint density at radius 1 is 1.38 bits per heavy atom. The van der Waals surface area contributed by atoms with Crippen LogP contribution in [0.2, 0.25) is 0 Å². The number of aliphatic hydroxyl groups is 1. The molecule has 16 heavy (non-hydrogen) atoms. The van der Waals surface area contributed by atoms with Gasteiger partial charge >= 0.3 is 5.97 Å². The number of benzene rings is 1. The monoisotopic (exact) mass is 242 g/mol. The Labute approximate surface area is 92.3 Å². The second-order valence-electron chi connectivity index (χ2n) is 3.65. The number of aliphatic hydroxyl groups excluding tert-OH is 1. The van der Waals surface area contributed by atoms with Gasteiger partial charge in [0, 0.05) is 5.56 Å². The molecule has 6 heteroatoms. The van der Waals surface area contributed by atoms with Gasteiger partial charge in [0.2, 0.25) is 0 Å². The van der Waals surface area contributed by atoms with Crippen molar-refractivity contribution in [2.75, 3.05) is 5.75 Å². The van der Waals surface area contributed by atoms with E-state index in [0.29, 0.717) is 12.0 Å². The number of carboxylic acids is 1. The van der Waals surface area contributed by atoms with E-state index in [-0.39, 0.29) is 16.2 Å². The van der Waals surface area contributed by atoms with Crippen LogP contribution in [-0.4, -0.2) is 30.4 Å². The zero-order valence-electron chi connectivity index (χ0n) is 8.25. The van der Waals surface area contributed by atoms with Crippen LogP contribution in [0.25, 0.3) is 0 Å². The number of aryl methyl sites for hydroxylation is 1. The van der Waals surface area contributed by atoms with Crippen molar-refractivity contribution in [1.29, 1.82) is 0 Å². The van der Waals surface area contributed by atoms with Gasteiger partial charge in [-0.2, -0.15) is 0 Å². The normalized spacial score (nSPS) is 19.1. The molecule has 0 fully saturated rings. The highest BCUT2D eigenvalue weighted by Crippen LogP contribution is 2.32. The Kier molecular flexibility index (Phi) is 2.47. The van der Waals surface area contributed by atoms with Crippen LogP contribution < -0.4 is 0 Å². The zero-order valence-corrected chi connectivity index (χ0v) is 9.07. The van der Waals surface area contributed by atoms with Gasteiger partial charge in [0.1, 0.15) is 0 Å². The summed E-state index contributed by atoms with van der Waals surface area (Å²) in [5.41, 5.74) is 0.542. The number of hydrogen-bond acceptors (Lipinski definition) is 4. The fourth-order valence-corrected chi connectivity index (χ4v) is 3.68. The summed E-state index contributed by atoms with van der Waals surface area (Å²) < 4.78 is 23.4. The summed E-state index contributed by atoms with van der Waals surface area (Å²) in [5, 5.41) is 18.1. The van der Waals surface area contributed by atoms with Crippen LogP contribution in [0, 0.1) is 0 Å². The molecule has 0 radical (unpaired) electrons. The Bertz CT molecular complexity index is 546. The van der Waals surface area contributed by atoms with Crippen molar-refractivity contribution in [2.24, 2.45) is 0 Å². The lowest BCUT2D eigenvalue weighted by molar-refractivity contribution is -0.147. The first kappa shape index (κ1) is 11.1. The Morgan fingerprint density at radius 2 is 2.06 bits per heavy atom. The van der Waals surface area contributed by atoms with Gasteiger partial charge < -0.3 is 10.2 Å². The standard InChI is InChI=1S/C10H10O5S/c11-8(10(12)13)7-3-1-2-6-4-5-16(14,15)9(6)7/h1-3,8,11H,4-5H2,(H,12,13). The van der Waals surface area contributed by atoms with E-state index in [1.54, 1.807) is 12.1 Å². The Hall–Kier alpha value is -1.40. The molecule has 1 aliphatic heterocycles. The topological polar surface area (TPSA) is 91.7 Å². The van der Waals surface area contributed by atoms with Gasteiger partial charge in [-0.15, -0.1) is 0 Å². The van der Waals surface area contributed by atoms with Crippen LogP contribution >= 0.6 is 0 Å². The molecular weight excluding hydrogens is 232 g/mol. The average molecular weight is 242 g/mol. The van der Waals surface area contributed by atoms with Crippen LogP contribution in [0.3, 0.4) is 0 Å². The number of carboxylic acid groups (broad SMARTS) is 1. The smallest absolute Gasteiger partial charge is 0.337 e. The summed E-state index contributed by atoms with van der Waals surface area (Å²) in [6.45, 7) is 0. The first-order valence-electron chi connectivity index (χ1n) is 4.69. The molecule has 0 saturated heterocycles. The summed E-state index contributed by atoms with van der Waals surface area (Å²) in [6.07, 6.45) is -1.42. The van der Waals surface area contributed by atoms with Gasteiger partial charge in [0.25, 0.3) is 0 Å². The highest BCUT2D eigenvalue weighted by molar-refractivity contribution is 7.91. The predicted octanol–water partition coefficient (Wildman–Crippen LogP) is 0.134. The lowest BCUT2D eigenvalue weighted by Gasteiger charge is -2.10. The maximum Gasteiger partial charge on any atom is 0.337 e. The van der Waals surface area contributed by atoms with Gasteiger partial charge in [-0.05, 0) is 12.0 Å². The molecule has 1 aliphatic rings. The number of fused-ring (bicyclic) bond motifs is 1. The van der Waals surface area contributed by atoms with Gasteiger partial charge in [-0.25, -0.2) is 13.2 Å². The first-order chi connectivity index (χ1) is 7.43. The van der Waals surface area contributed by atoms with Crippen molar-refractivity contribution in [3.63, 3.8) is 0 Å². The molecule has 0 spiro atoms. The number of rotatable bonds is 2. The zero-order chi connectivity index (χ0) is 11.9. The molecule has 0 saturated carbocycles. The van der Waals surface area contributed by atoms with E-state index in [1.165, 1.54) is 6.07 Å². The minimum absolute atomic E-state index is 0.00935. The first-order valence-corrected chi connectivity index (χ1v) is 6.34. The highest BCUT2D eigenvalue weighted by Gasteiger charge is 2.32. The van der Waals surface area contributed by atoms with Gasteiger partial charge in [-0.3, -0.25) is 0 Å². The Balaban J connectivity index is 2.66. The lowest BCUT2D eigenvalue weighted by atomic mass is 10.0. The maximum atomic E-state index is 11.7. The molecule has 1 aromatic rings. The summed E-state index contributed by atoms with van der Waals surface area (Å²) >= 11 is 0. The van der Waals surface area contributed by atoms with Crippen LogP contribution in [0.4, 0.5) is 0 Å². The number of hydrogen-bond donors (Lipinski definition) is 2. The van der Waals surface area contributed by atoms with Crippen LogP contribution in [0.1, 0.15) is 17.2 Å². The largest absolute Gasteiger partial charge is 0.479 e. The molecule has 86 valence electrons. The molecule has 0 amide bonds. The van der Waals surface area contributed by atoms with Crippen molar-refractivity contribution in [3.05, 3.63) is 29.3 Å². The van der Waals surface area contributed by atoms with E-state index in [4.69, 9.17) is 5.11 Å². The van der Waals surface area contributed by atoms with Crippen LogP contribution in [0.15, 0.2) is 23.1 Å². The second-order valence-corrected chi connectivity index (χ2v) is 5.69. The SMILES string of the molecule is O=C(O)C(O)c1cccc2c1S(=O)(=O)CC2. The molecule has 0 aliphatic carbocycles. The van der Waals surface area contributed by atoms with Crippen LogP contribution in [-0.2, 0) is 21.1 Å². The number of sulfone groups is 1. The lowest BCUT2D eigenvalue weighted by Crippen LogP contribution is -2.14. The minimum Gasteiger partial charge on any atom is -0.479 e. The summed E-state index contributed by atoms with van der Waals surface area (Å²) in [4.78, 5) is 10.7. The molecule has 0 aromatic heterocycles. The maximum absolute atomic E-state index is 11.7. The molecule has 1 unspecified atom stereocenters. The minimum atomic E-state index is -3.44. The second kappa shape index (κ2) is 3.57. The molecular formula is C10H10O5S. The van der Waals surface area contributed by atoms with Gasteiger partial charge in [0.05, 0.1) is 10.6 Å². The fourth-order valence-electron chi connectivity index (χ4n) is 1.88. The quantitative estimate of drug-likeness (QED) is 0.769. The summed E-state index contributed by atoms with van der Waals surface area (Å²) in [5.74, 6) is -1.47. The molecule has 2 rings (SSSR count). The van der Waals surface area contributed by atoms with Gasteiger partial charge in [0.15, 0.2) is 15.9 Å². The van der Waals surface area contributed by atoms with E-state index in [2.05, 4.69) is 0 Å². The summed E-state index contributed by atoms with van der Waals surface area (Å²) in [6, 6.07) is 4.53. The molecule has 1 aromatic carbocycles. The van der Waals surface area contributed by atoms with Crippen molar-refractivity contribution in [3.8, 4) is 0 Å². The molecule has 0 bridgehead atoms. The van der Waals surface area contributed by atoms with Crippen molar-refractivity contribution >= 4 is 15.8 Å². The number of aliphatic carboxylic acids is 1. The average Bonchev–Trinajstić information content (AvgIpc) is 2.54. The van der Waals surface area contributed by atoms with E-state index in [9.17, 15) is 18.3 Å². The third-order valence-corrected chi connectivity index (χ3v) is 4.47. The van der Waals surface area contributed by atoms with E-state index < -0.39 is 21.9 Å². The van der Waals surface area contributed by atoms with Crippen molar-refractivity contribution in [2.45, 2.75) is 17.4 Å². The van der Waals surface area contributed by atoms with Crippen molar-refractivity contribution in [1.82, 2.24) is 0 Å². The molecule has 1 heterocycles. The summed E-state index contributed by atoms with van der Waals surface area (Å²) in [7, 11) is -3.44. The molecule has 5 nitrogen and oxygen atoms in total. The van der Waals surface area contributed by atoms with Crippen molar-refractivity contribution < 1.29 is 23.4 Å². The number of carbonyl (C=O) groups is 1. The third kappa shape index (κ3) is 1.60.